The Kier molecular flexibility index (Phi) is 3.19. The van der Waals surface area contributed by atoms with Gasteiger partial charge in [0.2, 0.25) is 0 Å². The third-order valence-corrected chi connectivity index (χ3v) is 5.10. The molecule has 0 bridgehead atoms. The standard InChI is InChI=1S/C16H22N4O/c17-16(21)15-14-10-20(8-12(14)3-5-18-15)13-4-6-19(9-13)7-11-1-2-11/h3,5,11,13H,1-2,4,6-10H2,(H2,17,21). The Morgan fingerprint density at radius 2 is 2.19 bits per heavy atom. The van der Waals surface area contributed by atoms with Gasteiger partial charge < -0.3 is 10.6 Å². The lowest BCUT2D eigenvalue weighted by atomic mass is 10.1. The first-order valence-corrected chi connectivity index (χ1v) is 7.93. The average Bonchev–Trinajstić information content (AvgIpc) is 3.00. The number of nitrogens with two attached hydrogens (primary N) is 1. The summed E-state index contributed by atoms with van der Waals surface area (Å²) in [5.74, 6) is 0.556. The van der Waals surface area contributed by atoms with Crippen LogP contribution in [0.15, 0.2) is 12.3 Å². The van der Waals surface area contributed by atoms with Crippen molar-refractivity contribution in [1.82, 2.24) is 14.8 Å². The molecule has 2 N–H and O–H groups in total. The van der Waals surface area contributed by atoms with Crippen LogP contribution in [0.5, 0.6) is 0 Å². The molecule has 21 heavy (non-hydrogen) atoms. The highest BCUT2D eigenvalue weighted by molar-refractivity contribution is 5.92. The summed E-state index contributed by atoms with van der Waals surface area (Å²) in [5.41, 5.74) is 8.17. The zero-order chi connectivity index (χ0) is 14.4. The van der Waals surface area contributed by atoms with Gasteiger partial charge in [-0.2, -0.15) is 0 Å². The summed E-state index contributed by atoms with van der Waals surface area (Å²) in [4.78, 5) is 20.8. The van der Waals surface area contributed by atoms with Gasteiger partial charge in [0.1, 0.15) is 5.69 Å². The smallest absolute Gasteiger partial charge is 0.267 e. The van der Waals surface area contributed by atoms with Crippen molar-refractivity contribution in [1.29, 1.82) is 0 Å². The number of carbonyl (C=O) groups excluding carboxylic acids is 1. The zero-order valence-electron chi connectivity index (χ0n) is 12.3. The van der Waals surface area contributed by atoms with Crippen LogP contribution in [0, 0.1) is 5.92 Å². The Bertz CT molecular complexity index is 569. The average molecular weight is 286 g/mol. The van der Waals surface area contributed by atoms with Gasteiger partial charge in [0.05, 0.1) is 0 Å². The van der Waals surface area contributed by atoms with Gasteiger partial charge in [-0.25, -0.2) is 0 Å². The Morgan fingerprint density at radius 3 is 2.95 bits per heavy atom. The molecule has 3 heterocycles. The van der Waals surface area contributed by atoms with E-state index in [4.69, 9.17) is 5.73 Å². The van der Waals surface area contributed by atoms with Gasteiger partial charge in [-0.1, -0.05) is 0 Å². The van der Waals surface area contributed by atoms with Crippen molar-refractivity contribution in [2.24, 2.45) is 11.7 Å². The molecule has 0 radical (unpaired) electrons. The van der Waals surface area contributed by atoms with Crippen LogP contribution in [0.3, 0.4) is 0 Å². The summed E-state index contributed by atoms with van der Waals surface area (Å²) in [6.07, 6.45) is 5.78. The fraction of sp³-hybridized carbons (Fsp3) is 0.625. The summed E-state index contributed by atoms with van der Waals surface area (Å²) in [5, 5.41) is 0. The molecule has 1 aliphatic carbocycles. The number of amides is 1. The minimum atomic E-state index is -0.407. The first kappa shape index (κ1) is 13.2. The number of hydrogen-bond donors (Lipinski definition) is 1. The molecule has 5 nitrogen and oxygen atoms in total. The number of nitrogens with zero attached hydrogens (tertiary/aromatic N) is 3. The number of rotatable bonds is 4. The van der Waals surface area contributed by atoms with Crippen LogP contribution in [-0.4, -0.2) is 46.4 Å². The van der Waals surface area contributed by atoms with Gasteiger partial charge in [-0.3, -0.25) is 14.7 Å². The van der Waals surface area contributed by atoms with Crippen molar-refractivity contribution in [3.05, 3.63) is 29.1 Å². The second kappa shape index (κ2) is 5.07. The lowest BCUT2D eigenvalue weighted by molar-refractivity contribution is 0.0993. The number of likely N-dealkylation sites (tertiary alicyclic amines) is 1. The second-order valence-corrected chi connectivity index (χ2v) is 6.71. The maximum Gasteiger partial charge on any atom is 0.267 e. The van der Waals surface area contributed by atoms with Crippen LogP contribution in [0.25, 0.3) is 0 Å². The van der Waals surface area contributed by atoms with E-state index in [1.807, 2.05) is 6.07 Å². The monoisotopic (exact) mass is 286 g/mol. The molecular formula is C16H22N4O. The first-order chi connectivity index (χ1) is 10.2. The molecule has 1 aromatic heterocycles. The van der Waals surface area contributed by atoms with E-state index in [1.165, 1.54) is 44.5 Å². The molecule has 0 aromatic carbocycles. The molecule has 1 saturated carbocycles. The van der Waals surface area contributed by atoms with E-state index in [0.29, 0.717) is 11.7 Å². The Balaban J connectivity index is 1.44. The van der Waals surface area contributed by atoms with Crippen molar-refractivity contribution in [3.8, 4) is 0 Å². The van der Waals surface area contributed by atoms with Crippen LogP contribution < -0.4 is 5.73 Å². The van der Waals surface area contributed by atoms with E-state index < -0.39 is 5.91 Å². The highest BCUT2D eigenvalue weighted by Gasteiger charge is 2.35. The SMILES string of the molecule is NC(=O)c1nccc2c1CN(C1CCN(CC3CC3)C1)C2. The van der Waals surface area contributed by atoms with E-state index in [-0.39, 0.29) is 0 Å². The lowest BCUT2D eigenvalue weighted by Gasteiger charge is -2.24. The van der Waals surface area contributed by atoms with Gasteiger partial charge in [0, 0.05) is 44.0 Å². The van der Waals surface area contributed by atoms with Gasteiger partial charge >= 0.3 is 0 Å². The third kappa shape index (κ3) is 2.56. The molecule has 3 aliphatic rings. The molecule has 1 saturated heterocycles. The minimum Gasteiger partial charge on any atom is -0.364 e. The Morgan fingerprint density at radius 1 is 1.33 bits per heavy atom. The number of fused-ring (bicyclic) bond motifs is 1. The molecule has 2 fully saturated rings. The van der Waals surface area contributed by atoms with Crippen LogP contribution in [0.2, 0.25) is 0 Å². The Hall–Kier alpha value is -1.46. The van der Waals surface area contributed by atoms with Gasteiger partial charge in [0.15, 0.2) is 0 Å². The van der Waals surface area contributed by atoms with Crippen LogP contribution >= 0.6 is 0 Å². The number of pyridine rings is 1. The maximum absolute atomic E-state index is 11.5. The molecule has 4 rings (SSSR count). The molecule has 5 heteroatoms. The molecule has 1 atom stereocenters. The van der Waals surface area contributed by atoms with E-state index in [0.717, 1.165) is 24.6 Å². The summed E-state index contributed by atoms with van der Waals surface area (Å²) in [6.45, 7) is 5.42. The minimum absolute atomic E-state index is 0.407. The van der Waals surface area contributed by atoms with Gasteiger partial charge in [-0.05, 0) is 43.4 Å². The summed E-state index contributed by atoms with van der Waals surface area (Å²) in [6, 6.07) is 2.63. The molecule has 1 unspecified atom stereocenters. The quantitative estimate of drug-likeness (QED) is 0.896. The predicted molar refractivity (Wildman–Crippen MR) is 79.6 cm³/mol. The third-order valence-electron chi connectivity index (χ3n) is 5.10. The van der Waals surface area contributed by atoms with E-state index in [1.54, 1.807) is 6.20 Å². The van der Waals surface area contributed by atoms with Gasteiger partial charge in [-0.15, -0.1) is 0 Å². The van der Waals surface area contributed by atoms with Crippen molar-refractivity contribution >= 4 is 5.91 Å². The normalized spacial score (nSPS) is 26.2. The number of carbonyl (C=O) groups is 1. The number of hydrogen-bond acceptors (Lipinski definition) is 4. The van der Waals surface area contributed by atoms with E-state index in [9.17, 15) is 4.79 Å². The van der Waals surface area contributed by atoms with Gasteiger partial charge in [0.25, 0.3) is 5.91 Å². The molecular weight excluding hydrogens is 264 g/mol. The van der Waals surface area contributed by atoms with Crippen LogP contribution in [0.4, 0.5) is 0 Å². The number of aromatic nitrogens is 1. The topological polar surface area (TPSA) is 62.5 Å². The van der Waals surface area contributed by atoms with Crippen LogP contribution in [0.1, 0.15) is 40.9 Å². The van der Waals surface area contributed by atoms with E-state index >= 15 is 0 Å². The molecule has 112 valence electrons. The predicted octanol–water partition coefficient (Wildman–Crippen LogP) is 0.980. The Labute approximate surface area is 125 Å². The van der Waals surface area contributed by atoms with Crippen molar-refractivity contribution < 1.29 is 4.79 Å². The van der Waals surface area contributed by atoms with Crippen molar-refractivity contribution in [2.75, 3.05) is 19.6 Å². The number of primary amides is 1. The fourth-order valence-electron chi connectivity index (χ4n) is 3.75. The van der Waals surface area contributed by atoms with E-state index in [2.05, 4.69) is 14.8 Å². The van der Waals surface area contributed by atoms with Crippen molar-refractivity contribution in [2.45, 2.75) is 38.4 Å². The van der Waals surface area contributed by atoms with Crippen molar-refractivity contribution in [3.63, 3.8) is 0 Å². The summed E-state index contributed by atoms with van der Waals surface area (Å²) < 4.78 is 0. The summed E-state index contributed by atoms with van der Waals surface area (Å²) >= 11 is 0. The molecule has 0 spiro atoms. The lowest BCUT2D eigenvalue weighted by Crippen LogP contribution is -2.34. The maximum atomic E-state index is 11.5. The fourth-order valence-corrected chi connectivity index (χ4v) is 3.75. The second-order valence-electron chi connectivity index (χ2n) is 6.71. The zero-order valence-corrected chi connectivity index (χ0v) is 12.3. The molecule has 2 aliphatic heterocycles. The largest absolute Gasteiger partial charge is 0.364 e. The van der Waals surface area contributed by atoms with Crippen LogP contribution in [-0.2, 0) is 13.1 Å². The highest BCUT2D eigenvalue weighted by Crippen LogP contribution is 2.33. The molecule has 1 aromatic rings. The highest BCUT2D eigenvalue weighted by atomic mass is 16.1. The molecule has 1 amide bonds. The first-order valence-electron chi connectivity index (χ1n) is 7.93. The summed E-state index contributed by atoms with van der Waals surface area (Å²) in [7, 11) is 0.